The molecule has 27 heavy (non-hydrogen) atoms. The van der Waals surface area contributed by atoms with Gasteiger partial charge in [-0.3, -0.25) is 0 Å². The molecule has 2 amide bonds. The molecule has 1 aliphatic rings. The summed E-state index contributed by atoms with van der Waals surface area (Å²) < 4.78 is 11.4. The topological polar surface area (TPSA) is 76.7 Å². The molecule has 0 radical (unpaired) electrons. The zero-order valence-corrected chi connectivity index (χ0v) is 16.8. The SMILES string of the molecule is CCCCC1=C(C(=O)OC(C)C)C(c2ccccc2OC(C)C)NC(=O)N1. The van der Waals surface area contributed by atoms with Crippen molar-refractivity contribution >= 4 is 12.0 Å². The smallest absolute Gasteiger partial charge is 0.338 e. The molecule has 0 fully saturated rings. The van der Waals surface area contributed by atoms with Crippen LogP contribution in [0.3, 0.4) is 0 Å². The van der Waals surface area contributed by atoms with Crippen LogP contribution >= 0.6 is 0 Å². The molecule has 2 rings (SSSR count). The molecule has 1 unspecified atom stereocenters. The lowest BCUT2D eigenvalue weighted by Crippen LogP contribution is -2.46. The molecule has 0 spiro atoms. The van der Waals surface area contributed by atoms with E-state index in [0.29, 0.717) is 23.4 Å². The first kappa shape index (κ1) is 20.8. The summed E-state index contributed by atoms with van der Waals surface area (Å²) in [4.78, 5) is 25.2. The van der Waals surface area contributed by atoms with Gasteiger partial charge < -0.3 is 20.1 Å². The van der Waals surface area contributed by atoms with Crippen molar-refractivity contribution in [2.75, 3.05) is 0 Å². The van der Waals surface area contributed by atoms with Crippen LogP contribution < -0.4 is 15.4 Å². The molecule has 6 heteroatoms. The van der Waals surface area contributed by atoms with Crippen LogP contribution in [0.2, 0.25) is 0 Å². The highest BCUT2D eigenvalue weighted by atomic mass is 16.5. The third kappa shape index (κ3) is 5.49. The summed E-state index contributed by atoms with van der Waals surface area (Å²) in [6.07, 6.45) is 2.15. The number of amides is 2. The number of urea groups is 1. The first-order valence-electron chi connectivity index (χ1n) is 9.60. The monoisotopic (exact) mass is 374 g/mol. The van der Waals surface area contributed by atoms with Gasteiger partial charge >= 0.3 is 12.0 Å². The van der Waals surface area contributed by atoms with Crippen molar-refractivity contribution in [2.45, 2.75) is 72.1 Å². The Hall–Kier alpha value is -2.50. The Kier molecular flexibility index (Phi) is 7.28. The number of ether oxygens (including phenoxy) is 2. The van der Waals surface area contributed by atoms with E-state index in [4.69, 9.17) is 9.47 Å². The molecule has 1 heterocycles. The van der Waals surface area contributed by atoms with Crippen molar-refractivity contribution in [1.29, 1.82) is 0 Å². The molecule has 1 aliphatic heterocycles. The van der Waals surface area contributed by atoms with Crippen LogP contribution in [0.15, 0.2) is 35.5 Å². The Labute approximate surface area is 161 Å². The molecule has 0 bridgehead atoms. The van der Waals surface area contributed by atoms with Crippen LogP contribution in [0.25, 0.3) is 0 Å². The van der Waals surface area contributed by atoms with Crippen molar-refractivity contribution in [3.05, 3.63) is 41.1 Å². The van der Waals surface area contributed by atoms with E-state index in [1.807, 2.05) is 52.0 Å². The van der Waals surface area contributed by atoms with Crippen molar-refractivity contribution in [2.24, 2.45) is 0 Å². The van der Waals surface area contributed by atoms with E-state index in [1.54, 1.807) is 0 Å². The van der Waals surface area contributed by atoms with Gasteiger partial charge in [0.25, 0.3) is 0 Å². The minimum Gasteiger partial charge on any atom is -0.491 e. The second kappa shape index (κ2) is 9.44. The molecule has 1 aromatic rings. The summed E-state index contributed by atoms with van der Waals surface area (Å²) in [5, 5.41) is 5.67. The van der Waals surface area contributed by atoms with E-state index >= 15 is 0 Å². The van der Waals surface area contributed by atoms with Crippen LogP contribution in [0.5, 0.6) is 5.75 Å². The van der Waals surface area contributed by atoms with Crippen molar-refractivity contribution < 1.29 is 19.1 Å². The average Bonchev–Trinajstić information content (AvgIpc) is 2.58. The van der Waals surface area contributed by atoms with Gasteiger partial charge in [0.1, 0.15) is 5.75 Å². The Morgan fingerprint density at radius 2 is 1.85 bits per heavy atom. The van der Waals surface area contributed by atoms with E-state index in [9.17, 15) is 9.59 Å². The van der Waals surface area contributed by atoms with Gasteiger partial charge in [0.2, 0.25) is 0 Å². The summed E-state index contributed by atoms with van der Waals surface area (Å²) >= 11 is 0. The number of rotatable bonds is 8. The maximum absolute atomic E-state index is 12.9. The van der Waals surface area contributed by atoms with Crippen LogP contribution in [-0.4, -0.2) is 24.2 Å². The standard InChI is InChI=1S/C21H30N2O4/c1-6-7-11-16-18(20(24)27-14(4)5)19(23-21(25)22-16)15-10-8-9-12-17(15)26-13(2)3/h8-10,12-14,19H,6-7,11H2,1-5H3,(H2,22,23,25). The van der Waals surface area contributed by atoms with E-state index in [0.717, 1.165) is 18.4 Å². The fourth-order valence-electron chi connectivity index (χ4n) is 3.00. The fourth-order valence-corrected chi connectivity index (χ4v) is 3.00. The number of nitrogens with one attached hydrogen (secondary N) is 2. The maximum atomic E-state index is 12.9. The summed E-state index contributed by atoms with van der Waals surface area (Å²) in [7, 11) is 0. The highest BCUT2D eigenvalue weighted by Gasteiger charge is 2.35. The molecular formula is C21H30N2O4. The van der Waals surface area contributed by atoms with Gasteiger partial charge in [-0.25, -0.2) is 9.59 Å². The maximum Gasteiger partial charge on any atom is 0.338 e. The number of para-hydroxylation sites is 1. The molecule has 0 aromatic heterocycles. The van der Waals surface area contributed by atoms with Gasteiger partial charge in [0.15, 0.2) is 0 Å². The molecule has 0 saturated heterocycles. The number of esters is 1. The van der Waals surface area contributed by atoms with Gasteiger partial charge in [-0.1, -0.05) is 31.5 Å². The Morgan fingerprint density at radius 3 is 2.48 bits per heavy atom. The lowest BCUT2D eigenvalue weighted by atomic mass is 9.93. The number of carbonyl (C=O) groups is 2. The number of hydrogen-bond acceptors (Lipinski definition) is 4. The number of unbranched alkanes of at least 4 members (excludes halogenated alkanes) is 1. The zero-order chi connectivity index (χ0) is 20.0. The minimum absolute atomic E-state index is 0.0295. The van der Waals surface area contributed by atoms with Gasteiger partial charge in [-0.2, -0.15) is 0 Å². The first-order valence-corrected chi connectivity index (χ1v) is 9.60. The third-order valence-electron chi connectivity index (χ3n) is 4.09. The largest absolute Gasteiger partial charge is 0.491 e. The molecule has 2 N–H and O–H groups in total. The van der Waals surface area contributed by atoms with E-state index < -0.39 is 12.0 Å². The van der Waals surface area contributed by atoms with Gasteiger partial charge in [-0.15, -0.1) is 0 Å². The van der Waals surface area contributed by atoms with Gasteiger partial charge in [0.05, 0.1) is 23.8 Å². The number of hydrogen-bond donors (Lipinski definition) is 2. The molecular weight excluding hydrogens is 344 g/mol. The third-order valence-corrected chi connectivity index (χ3v) is 4.09. The molecule has 0 aliphatic carbocycles. The normalized spacial score (nSPS) is 17.0. The lowest BCUT2D eigenvalue weighted by molar-refractivity contribution is -0.143. The quantitative estimate of drug-likeness (QED) is 0.668. The number of carbonyl (C=O) groups excluding carboxylic acids is 2. The summed E-state index contributed by atoms with van der Waals surface area (Å²) in [6.45, 7) is 9.56. The van der Waals surface area contributed by atoms with E-state index in [-0.39, 0.29) is 18.2 Å². The highest BCUT2D eigenvalue weighted by molar-refractivity contribution is 5.95. The predicted octanol–water partition coefficient (Wildman–Crippen LogP) is 4.22. The second-order valence-corrected chi connectivity index (χ2v) is 7.19. The van der Waals surface area contributed by atoms with Crippen molar-refractivity contribution in [3.63, 3.8) is 0 Å². The first-order chi connectivity index (χ1) is 12.8. The van der Waals surface area contributed by atoms with Crippen molar-refractivity contribution in [1.82, 2.24) is 10.6 Å². The van der Waals surface area contributed by atoms with Gasteiger partial charge in [0, 0.05) is 11.3 Å². The Morgan fingerprint density at radius 1 is 1.15 bits per heavy atom. The Balaban J connectivity index is 2.53. The van der Waals surface area contributed by atoms with Crippen molar-refractivity contribution in [3.8, 4) is 5.75 Å². The molecule has 6 nitrogen and oxygen atoms in total. The minimum atomic E-state index is -0.619. The van der Waals surface area contributed by atoms with E-state index in [1.165, 1.54) is 0 Å². The molecule has 148 valence electrons. The van der Waals surface area contributed by atoms with Gasteiger partial charge in [-0.05, 0) is 46.6 Å². The fraction of sp³-hybridized carbons (Fsp3) is 0.524. The molecule has 1 aromatic carbocycles. The second-order valence-electron chi connectivity index (χ2n) is 7.19. The summed E-state index contributed by atoms with van der Waals surface area (Å²) in [5.74, 6) is 0.220. The summed E-state index contributed by atoms with van der Waals surface area (Å²) in [6, 6.07) is 6.51. The predicted molar refractivity (Wildman–Crippen MR) is 104 cm³/mol. The average molecular weight is 374 g/mol. The Bertz CT molecular complexity index is 710. The highest BCUT2D eigenvalue weighted by Crippen LogP contribution is 2.35. The van der Waals surface area contributed by atoms with E-state index in [2.05, 4.69) is 17.6 Å². The molecule has 1 atom stereocenters. The lowest BCUT2D eigenvalue weighted by Gasteiger charge is -2.31. The van der Waals surface area contributed by atoms with Crippen LogP contribution in [0.1, 0.15) is 65.5 Å². The van der Waals surface area contributed by atoms with Crippen LogP contribution in [0, 0.1) is 0 Å². The van der Waals surface area contributed by atoms with Crippen LogP contribution in [0.4, 0.5) is 4.79 Å². The summed E-state index contributed by atoms with van der Waals surface area (Å²) in [5.41, 5.74) is 1.80. The molecule has 0 saturated carbocycles. The number of allylic oxidation sites excluding steroid dienone is 1. The van der Waals surface area contributed by atoms with Crippen LogP contribution in [-0.2, 0) is 9.53 Å². The number of benzene rings is 1. The zero-order valence-electron chi connectivity index (χ0n) is 16.8.